The predicted octanol–water partition coefficient (Wildman–Crippen LogP) is 2.49. The summed E-state index contributed by atoms with van der Waals surface area (Å²) in [4.78, 5) is 28.7. The van der Waals surface area contributed by atoms with E-state index < -0.39 is 0 Å². The average molecular weight is 382 g/mol. The number of nitrogens with zero attached hydrogens (tertiary/aromatic N) is 6. The molecule has 3 aromatic heterocycles. The van der Waals surface area contributed by atoms with E-state index in [0.717, 1.165) is 24.1 Å². The Labute approximate surface area is 159 Å². The summed E-state index contributed by atoms with van der Waals surface area (Å²) >= 11 is 1.36. The quantitative estimate of drug-likeness (QED) is 0.686. The first-order valence-electron chi connectivity index (χ1n) is 8.99. The summed E-state index contributed by atoms with van der Waals surface area (Å²) < 4.78 is 9.94. The fraction of sp³-hybridized carbons (Fsp3) is 0.444. The molecule has 0 spiro atoms. The van der Waals surface area contributed by atoms with Crippen LogP contribution in [0.2, 0.25) is 0 Å². The maximum absolute atomic E-state index is 12.9. The Bertz CT molecular complexity index is 987. The highest BCUT2D eigenvalue weighted by molar-refractivity contribution is 7.05. The number of hydrogen-bond acceptors (Lipinski definition) is 8. The Hall–Kier alpha value is -2.68. The second kappa shape index (κ2) is 6.19. The van der Waals surface area contributed by atoms with Crippen LogP contribution in [-0.4, -0.2) is 48.4 Å². The summed E-state index contributed by atoms with van der Waals surface area (Å²) in [6.07, 6.45) is 7.94. The number of rotatable bonds is 3. The summed E-state index contributed by atoms with van der Waals surface area (Å²) in [6, 6.07) is 1.85. The molecule has 9 heteroatoms. The minimum atomic E-state index is -0.270. The number of likely N-dealkylation sites (tertiary alicyclic amines) is 1. The van der Waals surface area contributed by atoms with Crippen molar-refractivity contribution < 1.29 is 9.32 Å². The third-order valence-electron chi connectivity index (χ3n) is 5.65. The molecule has 0 bridgehead atoms. The van der Waals surface area contributed by atoms with Crippen LogP contribution >= 0.6 is 11.5 Å². The van der Waals surface area contributed by atoms with Gasteiger partial charge in [-0.15, -0.1) is 0 Å². The first kappa shape index (κ1) is 16.5. The second-order valence-corrected chi connectivity index (χ2v) is 8.28. The lowest BCUT2D eigenvalue weighted by Gasteiger charge is -2.23. The minimum absolute atomic E-state index is 0.0122. The van der Waals surface area contributed by atoms with Crippen molar-refractivity contribution in [1.82, 2.24) is 29.4 Å². The molecule has 1 amide bonds. The molecule has 0 N–H and O–H groups in total. The van der Waals surface area contributed by atoms with Gasteiger partial charge < -0.3 is 9.42 Å². The Morgan fingerprint density at radius 2 is 2.33 bits per heavy atom. The van der Waals surface area contributed by atoms with E-state index in [-0.39, 0.29) is 11.3 Å². The van der Waals surface area contributed by atoms with Gasteiger partial charge in [-0.2, -0.15) is 9.36 Å². The highest BCUT2D eigenvalue weighted by Gasteiger charge is 2.55. The van der Waals surface area contributed by atoms with E-state index in [0.29, 0.717) is 42.1 Å². The fourth-order valence-corrected chi connectivity index (χ4v) is 4.90. The number of aryl methyl sites for hydroxylation is 1. The number of carbonyl (C=O) groups excluding carboxylic acids is 1. The van der Waals surface area contributed by atoms with Gasteiger partial charge in [0, 0.05) is 30.4 Å². The van der Waals surface area contributed by atoms with E-state index in [9.17, 15) is 4.79 Å². The molecule has 5 rings (SSSR count). The minimum Gasteiger partial charge on any atom is -0.338 e. The first-order chi connectivity index (χ1) is 13.2. The molecule has 0 radical (unpaired) electrons. The average Bonchev–Trinajstić information content (AvgIpc) is 3.44. The number of fused-ring (bicyclic) bond motifs is 1. The molecular formula is C18H18N6O2S. The number of amides is 1. The molecule has 1 saturated heterocycles. The molecule has 27 heavy (non-hydrogen) atoms. The molecule has 0 aromatic carbocycles. The van der Waals surface area contributed by atoms with Crippen LogP contribution in [0.25, 0.3) is 11.5 Å². The Balaban J connectivity index is 1.45. The molecule has 3 aromatic rings. The zero-order valence-electron chi connectivity index (χ0n) is 14.8. The van der Waals surface area contributed by atoms with Crippen molar-refractivity contribution in [3.63, 3.8) is 0 Å². The summed E-state index contributed by atoms with van der Waals surface area (Å²) in [5, 5.41) is 4.11. The van der Waals surface area contributed by atoms with Crippen LogP contribution in [0.1, 0.15) is 40.5 Å². The molecule has 1 aliphatic carbocycles. The van der Waals surface area contributed by atoms with Gasteiger partial charge in [0.15, 0.2) is 0 Å². The molecule has 8 nitrogen and oxygen atoms in total. The maximum atomic E-state index is 12.9. The molecule has 4 heterocycles. The van der Waals surface area contributed by atoms with Crippen LogP contribution in [0.3, 0.4) is 0 Å². The van der Waals surface area contributed by atoms with Crippen LogP contribution < -0.4 is 0 Å². The summed E-state index contributed by atoms with van der Waals surface area (Å²) in [6.45, 7) is 3.26. The van der Waals surface area contributed by atoms with Crippen LogP contribution in [0, 0.1) is 12.8 Å². The van der Waals surface area contributed by atoms with Gasteiger partial charge in [-0.05, 0) is 43.3 Å². The van der Waals surface area contributed by atoms with E-state index in [4.69, 9.17) is 4.52 Å². The molecular weight excluding hydrogens is 364 g/mol. The fourth-order valence-electron chi connectivity index (χ4n) is 4.37. The van der Waals surface area contributed by atoms with Crippen molar-refractivity contribution in [2.45, 2.75) is 31.6 Å². The smallest absolute Gasteiger partial charge is 0.273 e. The van der Waals surface area contributed by atoms with E-state index in [1.807, 2.05) is 17.9 Å². The third kappa shape index (κ3) is 2.64. The molecule has 138 valence electrons. The van der Waals surface area contributed by atoms with Gasteiger partial charge >= 0.3 is 0 Å². The highest BCUT2D eigenvalue weighted by Crippen LogP contribution is 2.50. The second-order valence-electron chi connectivity index (χ2n) is 7.27. The van der Waals surface area contributed by atoms with E-state index >= 15 is 0 Å². The molecule has 2 atom stereocenters. The van der Waals surface area contributed by atoms with Gasteiger partial charge in [-0.3, -0.25) is 9.78 Å². The Morgan fingerprint density at radius 1 is 1.41 bits per heavy atom. The van der Waals surface area contributed by atoms with E-state index in [1.165, 1.54) is 11.5 Å². The molecule has 1 aliphatic heterocycles. The van der Waals surface area contributed by atoms with Gasteiger partial charge in [-0.25, -0.2) is 4.98 Å². The number of hydrogen-bond donors (Lipinski definition) is 0. The zero-order chi connectivity index (χ0) is 18.4. The number of aromatic nitrogens is 5. The molecule has 2 fully saturated rings. The summed E-state index contributed by atoms with van der Waals surface area (Å²) in [5.74, 6) is 1.37. The van der Waals surface area contributed by atoms with E-state index in [2.05, 4.69) is 24.5 Å². The molecule has 1 saturated carbocycles. The summed E-state index contributed by atoms with van der Waals surface area (Å²) in [5.41, 5.74) is 0.842. The van der Waals surface area contributed by atoms with Crippen molar-refractivity contribution >= 4 is 17.4 Å². The van der Waals surface area contributed by atoms with Crippen LogP contribution in [0.15, 0.2) is 29.2 Å². The highest BCUT2D eigenvalue weighted by atomic mass is 32.1. The SMILES string of the molecule is Cc1cc(C(=O)N2C[C@H]3CCC[C@@]3(c3nc(-c4cnccn4)no3)C2)ns1. The van der Waals surface area contributed by atoms with Crippen LogP contribution in [0.5, 0.6) is 0 Å². The lowest BCUT2D eigenvalue weighted by atomic mass is 9.80. The van der Waals surface area contributed by atoms with Crippen molar-refractivity contribution in [1.29, 1.82) is 0 Å². The predicted molar refractivity (Wildman–Crippen MR) is 97.1 cm³/mol. The Morgan fingerprint density at radius 3 is 3.11 bits per heavy atom. The van der Waals surface area contributed by atoms with Crippen LogP contribution in [0.4, 0.5) is 0 Å². The molecule has 0 unspecified atom stereocenters. The van der Waals surface area contributed by atoms with Crippen molar-refractivity contribution in [2.75, 3.05) is 13.1 Å². The Kier molecular flexibility index (Phi) is 3.78. The largest absolute Gasteiger partial charge is 0.338 e. The lowest BCUT2D eigenvalue weighted by molar-refractivity contribution is 0.0770. The summed E-state index contributed by atoms with van der Waals surface area (Å²) in [7, 11) is 0. The lowest BCUT2D eigenvalue weighted by Crippen LogP contribution is -2.35. The van der Waals surface area contributed by atoms with E-state index in [1.54, 1.807) is 18.6 Å². The van der Waals surface area contributed by atoms with Gasteiger partial charge in [-0.1, -0.05) is 11.6 Å². The third-order valence-corrected chi connectivity index (χ3v) is 6.34. The van der Waals surface area contributed by atoms with Crippen molar-refractivity contribution in [2.24, 2.45) is 5.92 Å². The van der Waals surface area contributed by atoms with Crippen molar-refractivity contribution in [3.8, 4) is 11.5 Å². The standard InChI is InChI=1S/C18H18N6O2S/c1-11-7-13(23-27-11)16(25)24-9-12-3-2-4-18(12,10-24)17-21-15(22-26-17)14-8-19-5-6-20-14/h5-8,12H,2-4,9-10H2,1H3/t12-,18-/m1/s1. The topological polar surface area (TPSA) is 97.9 Å². The van der Waals surface area contributed by atoms with Gasteiger partial charge in [0.2, 0.25) is 11.7 Å². The number of carbonyl (C=O) groups is 1. The van der Waals surface area contributed by atoms with Gasteiger partial charge in [0.25, 0.3) is 5.91 Å². The monoisotopic (exact) mass is 382 g/mol. The van der Waals surface area contributed by atoms with Gasteiger partial charge in [0.05, 0.1) is 11.6 Å². The maximum Gasteiger partial charge on any atom is 0.273 e. The first-order valence-corrected chi connectivity index (χ1v) is 9.76. The molecule has 2 aliphatic rings. The zero-order valence-corrected chi connectivity index (χ0v) is 15.6. The normalized spacial score (nSPS) is 24.3. The van der Waals surface area contributed by atoms with Gasteiger partial charge in [0.1, 0.15) is 11.4 Å². The van der Waals surface area contributed by atoms with Crippen LogP contribution in [-0.2, 0) is 5.41 Å². The van der Waals surface area contributed by atoms with Crippen molar-refractivity contribution in [3.05, 3.63) is 41.1 Å².